The molecule has 1 atom stereocenters. The van der Waals surface area contributed by atoms with Gasteiger partial charge < -0.3 is 10.2 Å². The molecule has 3 nitrogen and oxygen atoms in total. The molecule has 1 unspecified atom stereocenters. The van der Waals surface area contributed by atoms with Crippen molar-refractivity contribution in [3.05, 3.63) is 22.8 Å². The van der Waals surface area contributed by atoms with Crippen LogP contribution in [-0.2, 0) is 0 Å². The normalized spacial score (nSPS) is 18.9. The third-order valence-corrected chi connectivity index (χ3v) is 3.76. The summed E-state index contributed by atoms with van der Waals surface area (Å²) in [5, 5.41) is 3.46. The van der Waals surface area contributed by atoms with Crippen molar-refractivity contribution in [1.29, 1.82) is 0 Å². The number of hydrogen-bond donors (Lipinski definition) is 1. The van der Waals surface area contributed by atoms with Crippen LogP contribution in [0, 0.1) is 0 Å². The Labute approximate surface area is 112 Å². The molecule has 0 radical (unpaired) electrons. The van der Waals surface area contributed by atoms with Crippen molar-refractivity contribution in [3.63, 3.8) is 0 Å². The maximum atomic E-state index is 4.33. The lowest BCUT2D eigenvalue weighted by Gasteiger charge is -2.29. The maximum absolute atomic E-state index is 4.33. The zero-order chi connectivity index (χ0) is 12.1. The molecule has 1 aliphatic heterocycles. The highest BCUT2D eigenvalue weighted by Gasteiger charge is 2.14. The van der Waals surface area contributed by atoms with Gasteiger partial charge in [0.1, 0.15) is 5.82 Å². The van der Waals surface area contributed by atoms with E-state index in [4.69, 9.17) is 0 Å². The van der Waals surface area contributed by atoms with Gasteiger partial charge in [0, 0.05) is 18.8 Å². The molecule has 1 aliphatic rings. The average molecular weight is 298 g/mol. The Kier molecular flexibility index (Phi) is 4.80. The van der Waals surface area contributed by atoms with E-state index in [0.717, 1.165) is 16.8 Å². The molecule has 2 rings (SSSR count). The van der Waals surface area contributed by atoms with Gasteiger partial charge in [0.05, 0.1) is 4.47 Å². The Hall–Kier alpha value is -0.610. The Bertz CT molecular complexity index is 350. The zero-order valence-electron chi connectivity index (χ0n) is 10.3. The Morgan fingerprint density at radius 2 is 2.18 bits per heavy atom. The smallest absolute Gasteiger partial charge is 0.140 e. The second-order valence-corrected chi connectivity index (χ2v) is 5.59. The summed E-state index contributed by atoms with van der Waals surface area (Å²) in [4.78, 5) is 6.87. The van der Waals surface area contributed by atoms with Gasteiger partial charge in [0.25, 0.3) is 0 Å². The lowest BCUT2D eigenvalue weighted by Crippen LogP contribution is -2.38. The second kappa shape index (κ2) is 6.36. The molecule has 94 valence electrons. The van der Waals surface area contributed by atoms with Crippen LogP contribution in [0.1, 0.15) is 26.2 Å². The van der Waals surface area contributed by atoms with Crippen LogP contribution >= 0.6 is 15.9 Å². The van der Waals surface area contributed by atoms with Crippen LogP contribution in [0.3, 0.4) is 0 Å². The van der Waals surface area contributed by atoms with Crippen LogP contribution < -0.4 is 5.32 Å². The number of nitrogens with zero attached hydrogens (tertiary/aromatic N) is 2. The van der Waals surface area contributed by atoms with Gasteiger partial charge in [-0.2, -0.15) is 0 Å². The number of aromatic nitrogens is 1. The van der Waals surface area contributed by atoms with Crippen LogP contribution in [0.5, 0.6) is 0 Å². The summed E-state index contributed by atoms with van der Waals surface area (Å²) in [7, 11) is 0. The maximum Gasteiger partial charge on any atom is 0.140 e. The van der Waals surface area contributed by atoms with E-state index < -0.39 is 0 Å². The molecule has 0 aliphatic carbocycles. The van der Waals surface area contributed by atoms with E-state index in [-0.39, 0.29) is 0 Å². The molecule has 1 N–H and O–H groups in total. The van der Waals surface area contributed by atoms with Crippen LogP contribution in [0.25, 0.3) is 0 Å². The third-order valence-electron chi connectivity index (χ3n) is 3.12. The highest BCUT2D eigenvalue weighted by molar-refractivity contribution is 9.10. The van der Waals surface area contributed by atoms with E-state index >= 15 is 0 Å². The van der Waals surface area contributed by atoms with Gasteiger partial charge in [-0.1, -0.05) is 6.42 Å². The Balaban J connectivity index is 1.84. The first-order valence-electron chi connectivity index (χ1n) is 6.35. The molecule has 1 fully saturated rings. The first-order valence-corrected chi connectivity index (χ1v) is 7.14. The number of hydrogen-bond acceptors (Lipinski definition) is 3. The predicted octanol–water partition coefficient (Wildman–Crippen LogP) is 3.13. The summed E-state index contributed by atoms with van der Waals surface area (Å²) in [6.07, 6.45) is 5.91. The standard InChI is InChI=1S/C13H20BrN3/c1-11(10-17-8-3-2-4-9-17)16-13-12(14)6-5-7-15-13/h5-7,11H,2-4,8-10H2,1H3,(H,15,16). The SMILES string of the molecule is CC(CN1CCCCC1)Nc1ncccc1Br. The number of likely N-dealkylation sites (tertiary alicyclic amines) is 1. The molecule has 1 aromatic rings. The minimum atomic E-state index is 0.430. The van der Waals surface area contributed by atoms with Crippen molar-refractivity contribution in [2.24, 2.45) is 0 Å². The van der Waals surface area contributed by atoms with Crippen LogP contribution in [0.4, 0.5) is 5.82 Å². The summed E-state index contributed by atoms with van der Waals surface area (Å²) in [6, 6.07) is 4.38. The predicted molar refractivity (Wildman–Crippen MR) is 75.3 cm³/mol. The van der Waals surface area contributed by atoms with Crippen LogP contribution in [-0.4, -0.2) is 35.6 Å². The summed E-state index contributed by atoms with van der Waals surface area (Å²) in [6.45, 7) is 5.81. The van der Waals surface area contributed by atoms with Crippen molar-refractivity contribution in [3.8, 4) is 0 Å². The minimum Gasteiger partial charge on any atom is -0.365 e. The third kappa shape index (κ3) is 3.96. The molecular weight excluding hydrogens is 278 g/mol. The monoisotopic (exact) mass is 297 g/mol. The first kappa shape index (κ1) is 12.8. The number of halogens is 1. The second-order valence-electron chi connectivity index (χ2n) is 4.74. The molecule has 0 amide bonds. The fourth-order valence-corrected chi connectivity index (χ4v) is 2.67. The van der Waals surface area contributed by atoms with E-state index in [1.54, 1.807) is 0 Å². The molecule has 17 heavy (non-hydrogen) atoms. The molecule has 0 aromatic carbocycles. The number of nitrogens with one attached hydrogen (secondary N) is 1. The van der Waals surface area contributed by atoms with Crippen LogP contribution in [0.2, 0.25) is 0 Å². The summed E-state index contributed by atoms with van der Waals surface area (Å²) in [5.74, 6) is 0.942. The number of pyridine rings is 1. The molecule has 1 saturated heterocycles. The van der Waals surface area contributed by atoms with Crippen LogP contribution in [0.15, 0.2) is 22.8 Å². The molecule has 0 saturated carbocycles. The van der Waals surface area contributed by atoms with Gasteiger partial charge >= 0.3 is 0 Å². The summed E-state index contributed by atoms with van der Waals surface area (Å²) >= 11 is 3.51. The molecule has 2 heterocycles. The van der Waals surface area contributed by atoms with E-state index in [1.165, 1.54) is 32.4 Å². The van der Waals surface area contributed by atoms with Crippen molar-refractivity contribution >= 4 is 21.7 Å². The van der Waals surface area contributed by atoms with Gasteiger partial charge in [-0.25, -0.2) is 4.98 Å². The Morgan fingerprint density at radius 1 is 1.41 bits per heavy atom. The van der Waals surface area contributed by atoms with Crippen molar-refractivity contribution < 1.29 is 0 Å². The number of rotatable bonds is 4. The largest absolute Gasteiger partial charge is 0.365 e. The first-order chi connectivity index (χ1) is 8.25. The van der Waals surface area contributed by atoms with Crippen molar-refractivity contribution in [2.75, 3.05) is 25.0 Å². The Morgan fingerprint density at radius 3 is 2.88 bits per heavy atom. The number of anilines is 1. The number of piperidine rings is 1. The molecule has 4 heteroatoms. The van der Waals surface area contributed by atoms with Gasteiger partial charge in [-0.3, -0.25) is 0 Å². The van der Waals surface area contributed by atoms with E-state index in [9.17, 15) is 0 Å². The fraction of sp³-hybridized carbons (Fsp3) is 0.615. The van der Waals surface area contributed by atoms with Crippen molar-refractivity contribution in [2.45, 2.75) is 32.2 Å². The average Bonchev–Trinajstić information content (AvgIpc) is 2.33. The zero-order valence-corrected chi connectivity index (χ0v) is 11.9. The van der Waals surface area contributed by atoms with Gasteiger partial charge in [-0.15, -0.1) is 0 Å². The van der Waals surface area contributed by atoms with E-state index in [1.807, 2.05) is 18.3 Å². The topological polar surface area (TPSA) is 28.2 Å². The van der Waals surface area contributed by atoms with E-state index in [0.29, 0.717) is 6.04 Å². The minimum absolute atomic E-state index is 0.430. The molecule has 0 bridgehead atoms. The van der Waals surface area contributed by atoms with Gasteiger partial charge in [-0.05, 0) is 60.9 Å². The summed E-state index contributed by atoms with van der Waals surface area (Å²) < 4.78 is 1.03. The van der Waals surface area contributed by atoms with Crippen molar-refractivity contribution in [1.82, 2.24) is 9.88 Å². The molecule has 0 spiro atoms. The fourth-order valence-electron chi connectivity index (χ4n) is 2.30. The quantitative estimate of drug-likeness (QED) is 0.925. The van der Waals surface area contributed by atoms with E-state index in [2.05, 4.69) is 38.1 Å². The summed E-state index contributed by atoms with van der Waals surface area (Å²) in [5.41, 5.74) is 0. The van der Waals surface area contributed by atoms with Gasteiger partial charge in [0.2, 0.25) is 0 Å². The van der Waals surface area contributed by atoms with Gasteiger partial charge in [0.15, 0.2) is 0 Å². The molecular formula is C13H20BrN3. The molecule has 1 aromatic heterocycles. The highest BCUT2D eigenvalue weighted by Crippen LogP contribution is 2.19. The highest BCUT2D eigenvalue weighted by atomic mass is 79.9. The lowest BCUT2D eigenvalue weighted by atomic mass is 10.1. The lowest BCUT2D eigenvalue weighted by molar-refractivity contribution is 0.223.